The molecule has 88 valence electrons. The van der Waals surface area contributed by atoms with E-state index in [1.807, 2.05) is 30.1 Å². The summed E-state index contributed by atoms with van der Waals surface area (Å²) in [4.78, 5) is 1.83. The highest BCUT2D eigenvalue weighted by molar-refractivity contribution is 7.80. The average molecular weight is 238 g/mol. The van der Waals surface area contributed by atoms with E-state index in [4.69, 9.17) is 17.3 Å². The van der Waals surface area contributed by atoms with Crippen molar-refractivity contribution in [3.8, 4) is 0 Å². The molecular formula is C12H18N2OS. The van der Waals surface area contributed by atoms with E-state index in [0.717, 1.165) is 0 Å². The molecule has 0 spiro atoms. The number of nitrogens with one attached hydrogen (secondary N) is 1. The van der Waals surface area contributed by atoms with Crippen molar-refractivity contribution in [2.45, 2.75) is 13.0 Å². The summed E-state index contributed by atoms with van der Waals surface area (Å²) in [5.41, 5.74) is 1.20. The molecule has 1 unspecified atom stereocenters. The normalized spacial score (nSPS) is 11.9. The van der Waals surface area contributed by atoms with Crippen LogP contribution in [0.2, 0.25) is 0 Å². The first-order valence-corrected chi connectivity index (χ1v) is 5.73. The highest BCUT2D eigenvalue weighted by Crippen LogP contribution is 2.11. The van der Waals surface area contributed by atoms with Gasteiger partial charge in [-0.3, -0.25) is 0 Å². The summed E-state index contributed by atoms with van der Waals surface area (Å²) in [6.07, 6.45) is 0. The van der Waals surface area contributed by atoms with Crippen LogP contribution in [-0.2, 0) is 0 Å². The zero-order valence-electron chi connectivity index (χ0n) is 9.68. The second kappa shape index (κ2) is 6.45. The molecule has 0 bridgehead atoms. The quantitative estimate of drug-likeness (QED) is 0.780. The summed E-state index contributed by atoms with van der Waals surface area (Å²) in [7, 11) is 1.86. The van der Waals surface area contributed by atoms with Gasteiger partial charge in [0.25, 0.3) is 0 Å². The number of hydrogen-bond donors (Lipinski definition) is 2. The minimum absolute atomic E-state index is 0.109. The second-order valence-electron chi connectivity index (χ2n) is 3.73. The van der Waals surface area contributed by atoms with Gasteiger partial charge in [0.2, 0.25) is 0 Å². The van der Waals surface area contributed by atoms with Gasteiger partial charge in [0.1, 0.15) is 0 Å². The highest BCUT2D eigenvalue weighted by atomic mass is 32.1. The average Bonchev–Trinajstić information content (AvgIpc) is 2.30. The second-order valence-corrected chi connectivity index (χ2v) is 4.11. The van der Waals surface area contributed by atoms with Gasteiger partial charge in [-0.25, -0.2) is 0 Å². The molecule has 0 saturated heterocycles. The zero-order chi connectivity index (χ0) is 12.0. The van der Waals surface area contributed by atoms with Crippen molar-refractivity contribution in [3.63, 3.8) is 0 Å². The third-order valence-electron chi connectivity index (χ3n) is 2.42. The lowest BCUT2D eigenvalue weighted by molar-refractivity contribution is 0.262. The first-order chi connectivity index (χ1) is 7.65. The molecule has 1 aromatic carbocycles. The molecule has 4 heteroatoms. The van der Waals surface area contributed by atoms with Crippen LogP contribution < -0.4 is 5.32 Å². The Labute approximate surface area is 102 Å². The van der Waals surface area contributed by atoms with E-state index in [-0.39, 0.29) is 12.6 Å². The highest BCUT2D eigenvalue weighted by Gasteiger charge is 2.08. The van der Waals surface area contributed by atoms with E-state index in [1.165, 1.54) is 5.56 Å². The van der Waals surface area contributed by atoms with E-state index < -0.39 is 0 Å². The molecule has 0 heterocycles. The molecule has 0 aliphatic carbocycles. The molecule has 0 saturated carbocycles. The van der Waals surface area contributed by atoms with Crippen LogP contribution in [0.1, 0.15) is 18.5 Å². The van der Waals surface area contributed by atoms with Gasteiger partial charge in [-0.2, -0.15) is 0 Å². The third-order valence-corrected chi connectivity index (χ3v) is 2.85. The lowest BCUT2D eigenvalue weighted by Crippen LogP contribution is -2.39. The Morgan fingerprint density at radius 3 is 2.62 bits per heavy atom. The molecule has 0 radical (unpaired) electrons. The number of rotatable bonds is 4. The molecule has 1 atom stereocenters. The van der Waals surface area contributed by atoms with Gasteiger partial charge in [0, 0.05) is 13.6 Å². The molecule has 3 nitrogen and oxygen atoms in total. The van der Waals surface area contributed by atoms with Crippen molar-refractivity contribution in [1.29, 1.82) is 0 Å². The van der Waals surface area contributed by atoms with Gasteiger partial charge in [-0.15, -0.1) is 0 Å². The monoisotopic (exact) mass is 238 g/mol. The van der Waals surface area contributed by atoms with Crippen LogP contribution >= 0.6 is 12.2 Å². The van der Waals surface area contributed by atoms with Gasteiger partial charge in [0.15, 0.2) is 5.11 Å². The Morgan fingerprint density at radius 2 is 2.06 bits per heavy atom. The van der Waals surface area contributed by atoms with Crippen LogP contribution in [0.3, 0.4) is 0 Å². The Balaban J connectivity index is 2.51. The maximum Gasteiger partial charge on any atom is 0.169 e. The fourth-order valence-electron chi connectivity index (χ4n) is 1.37. The number of thiocarbonyl (C=S) groups is 1. The summed E-state index contributed by atoms with van der Waals surface area (Å²) in [5, 5.41) is 12.7. The Morgan fingerprint density at radius 1 is 1.44 bits per heavy atom. The fraction of sp³-hybridized carbons (Fsp3) is 0.417. The summed E-state index contributed by atoms with van der Waals surface area (Å²) in [5.74, 6) is 0. The summed E-state index contributed by atoms with van der Waals surface area (Å²) in [6, 6.07) is 10.3. The van der Waals surface area contributed by atoms with Crippen molar-refractivity contribution < 1.29 is 5.11 Å². The summed E-state index contributed by atoms with van der Waals surface area (Å²) < 4.78 is 0. The number of benzene rings is 1. The SMILES string of the molecule is CC(NC(=S)N(C)CCO)c1ccccc1. The van der Waals surface area contributed by atoms with Crippen molar-refractivity contribution in [2.75, 3.05) is 20.2 Å². The molecule has 0 aliphatic rings. The predicted octanol–water partition coefficient (Wildman–Crippen LogP) is 1.55. The summed E-state index contributed by atoms with van der Waals surface area (Å²) in [6.45, 7) is 2.72. The minimum Gasteiger partial charge on any atom is -0.395 e. The van der Waals surface area contributed by atoms with Crippen molar-refractivity contribution in [1.82, 2.24) is 10.2 Å². The van der Waals surface area contributed by atoms with Gasteiger partial charge in [-0.05, 0) is 24.7 Å². The van der Waals surface area contributed by atoms with Crippen LogP contribution in [-0.4, -0.2) is 35.3 Å². The summed E-state index contributed by atoms with van der Waals surface area (Å²) >= 11 is 5.22. The largest absolute Gasteiger partial charge is 0.395 e. The van der Waals surface area contributed by atoms with E-state index >= 15 is 0 Å². The molecule has 0 aliphatic heterocycles. The first kappa shape index (κ1) is 12.9. The molecule has 2 N–H and O–H groups in total. The number of aliphatic hydroxyl groups is 1. The van der Waals surface area contributed by atoms with Crippen LogP contribution in [0.15, 0.2) is 30.3 Å². The Kier molecular flexibility index (Phi) is 5.22. The Hall–Kier alpha value is -1.13. The standard InChI is InChI=1S/C12H18N2OS/c1-10(11-6-4-3-5-7-11)13-12(16)14(2)8-9-15/h3-7,10,15H,8-9H2,1-2H3,(H,13,16). The molecule has 16 heavy (non-hydrogen) atoms. The predicted molar refractivity (Wildman–Crippen MR) is 70.3 cm³/mol. The molecular weight excluding hydrogens is 220 g/mol. The van der Waals surface area contributed by atoms with Crippen molar-refractivity contribution in [2.24, 2.45) is 0 Å². The van der Waals surface area contributed by atoms with E-state index in [0.29, 0.717) is 11.7 Å². The molecule has 0 aromatic heterocycles. The smallest absolute Gasteiger partial charge is 0.169 e. The van der Waals surface area contributed by atoms with Crippen LogP contribution in [0, 0.1) is 0 Å². The van der Waals surface area contributed by atoms with E-state index in [1.54, 1.807) is 0 Å². The van der Waals surface area contributed by atoms with E-state index in [2.05, 4.69) is 24.4 Å². The topological polar surface area (TPSA) is 35.5 Å². The first-order valence-electron chi connectivity index (χ1n) is 5.32. The van der Waals surface area contributed by atoms with Crippen LogP contribution in [0.4, 0.5) is 0 Å². The van der Waals surface area contributed by atoms with Gasteiger partial charge in [-0.1, -0.05) is 30.3 Å². The number of aliphatic hydroxyl groups excluding tert-OH is 1. The fourth-order valence-corrected chi connectivity index (χ4v) is 1.64. The number of nitrogens with zero attached hydrogens (tertiary/aromatic N) is 1. The maximum absolute atomic E-state index is 8.81. The Bertz CT molecular complexity index is 329. The third kappa shape index (κ3) is 3.79. The van der Waals surface area contributed by atoms with Gasteiger partial charge < -0.3 is 15.3 Å². The minimum atomic E-state index is 0.109. The van der Waals surface area contributed by atoms with Crippen molar-refractivity contribution >= 4 is 17.3 Å². The lowest BCUT2D eigenvalue weighted by atomic mass is 10.1. The lowest BCUT2D eigenvalue weighted by Gasteiger charge is -2.23. The van der Waals surface area contributed by atoms with Crippen molar-refractivity contribution in [3.05, 3.63) is 35.9 Å². The van der Waals surface area contributed by atoms with E-state index in [9.17, 15) is 0 Å². The number of likely N-dealkylation sites (N-methyl/N-ethyl adjacent to an activating group) is 1. The van der Waals surface area contributed by atoms with Gasteiger partial charge in [0.05, 0.1) is 12.6 Å². The number of hydrogen-bond acceptors (Lipinski definition) is 2. The van der Waals surface area contributed by atoms with Crippen LogP contribution in [0.5, 0.6) is 0 Å². The van der Waals surface area contributed by atoms with Crippen LogP contribution in [0.25, 0.3) is 0 Å². The molecule has 1 aromatic rings. The molecule has 0 fully saturated rings. The molecule has 0 amide bonds. The zero-order valence-corrected chi connectivity index (χ0v) is 10.5. The molecule has 1 rings (SSSR count). The maximum atomic E-state index is 8.81. The van der Waals surface area contributed by atoms with Gasteiger partial charge >= 0.3 is 0 Å².